The third-order valence-electron chi connectivity index (χ3n) is 2.66. The van der Waals surface area contributed by atoms with Crippen molar-refractivity contribution in [3.05, 3.63) is 29.6 Å². The average molecular weight is 235 g/mol. The molecule has 0 heterocycles. The highest BCUT2D eigenvalue weighted by Crippen LogP contribution is 2.25. The van der Waals surface area contributed by atoms with Crippen molar-refractivity contribution in [1.82, 2.24) is 0 Å². The summed E-state index contributed by atoms with van der Waals surface area (Å²) in [4.78, 5) is 1.94. The first-order valence-electron chi connectivity index (χ1n) is 5.61. The highest BCUT2D eigenvalue weighted by molar-refractivity contribution is 5.54. The van der Waals surface area contributed by atoms with Crippen molar-refractivity contribution >= 4 is 5.69 Å². The van der Waals surface area contributed by atoms with Gasteiger partial charge in [-0.15, -0.1) is 0 Å². The minimum Gasteiger partial charge on any atom is -0.373 e. The van der Waals surface area contributed by atoms with Gasteiger partial charge in [-0.25, -0.2) is 4.39 Å². The number of anilines is 1. The van der Waals surface area contributed by atoms with Crippen molar-refractivity contribution in [1.29, 1.82) is 5.26 Å². The molecule has 0 amide bonds. The number of halogens is 1. The molecule has 0 aliphatic rings. The minimum atomic E-state index is -0.289. The highest BCUT2D eigenvalue weighted by Gasteiger charge is 2.13. The predicted octanol–water partition coefficient (Wildman–Crippen LogP) is 2.44. The van der Waals surface area contributed by atoms with Crippen molar-refractivity contribution < 1.29 is 4.39 Å². The zero-order valence-corrected chi connectivity index (χ0v) is 10.4. The van der Waals surface area contributed by atoms with Crippen LogP contribution in [-0.4, -0.2) is 13.6 Å². The van der Waals surface area contributed by atoms with Crippen molar-refractivity contribution in [3.63, 3.8) is 0 Å². The molecule has 2 N–H and O–H groups in total. The molecular formula is C13H18FN3. The van der Waals surface area contributed by atoms with Crippen LogP contribution in [-0.2, 0) is 0 Å². The van der Waals surface area contributed by atoms with Crippen molar-refractivity contribution in [3.8, 4) is 6.07 Å². The molecule has 0 saturated carbocycles. The van der Waals surface area contributed by atoms with E-state index in [-0.39, 0.29) is 17.8 Å². The lowest BCUT2D eigenvalue weighted by atomic mass is 10.0. The Morgan fingerprint density at radius 2 is 2.12 bits per heavy atom. The van der Waals surface area contributed by atoms with Crippen LogP contribution in [0.5, 0.6) is 0 Å². The van der Waals surface area contributed by atoms with Crippen LogP contribution >= 0.6 is 0 Å². The van der Waals surface area contributed by atoms with Gasteiger partial charge in [0, 0.05) is 25.3 Å². The van der Waals surface area contributed by atoms with E-state index >= 15 is 0 Å². The number of hydrogen-bond acceptors (Lipinski definition) is 3. The third-order valence-corrected chi connectivity index (χ3v) is 2.66. The van der Waals surface area contributed by atoms with Gasteiger partial charge in [0.25, 0.3) is 0 Å². The summed E-state index contributed by atoms with van der Waals surface area (Å²) in [6.07, 6.45) is 0. The Morgan fingerprint density at radius 1 is 1.47 bits per heavy atom. The molecule has 1 aromatic carbocycles. The zero-order chi connectivity index (χ0) is 13.0. The number of nitrogens with zero attached hydrogens (tertiary/aromatic N) is 2. The highest BCUT2D eigenvalue weighted by atomic mass is 19.1. The number of benzene rings is 1. The SMILES string of the molecule is CC(C#N)CN(C)c1ccc(F)cc1[C@H](C)N. The van der Waals surface area contributed by atoms with Crippen LogP contribution in [0.25, 0.3) is 0 Å². The molecule has 0 aliphatic heterocycles. The molecule has 1 rings (SSSR count). The summed E-state index contributed by atoms with van der Waals surface area (Å²) in [5, 5.41) is 8.79. The lowest BCUT2D eigenvalue weighted by Gasteiger charge is -2.24. The summed E-state index contributed by atoms with van der Waals surface area (Å²) in [5.41, 5.74) is 7.47. The lowest BCUT2D eigenvalue weighted by Crippen LogP contribution is -2.25. The third kappa shape index (κ3) is 3.43. The second-order valence-electron chi connectivity index (χ2n) is 4.40. The fourth-order valence-electron chi connectivity index (χ4n) is 1.79. The van der Waals surface area contributed by atoms with E-state index in [1.807, 2.05) is 25.8 Å². The van der Waals surface area contributed by atoms with Gasteiger partial charge in [-0.2, -0.15) is 5.26 Å². The molecule has 0 bridgehead atoms. The maximum atomic E-state index is 13.2. The zero-order valence-electron chi connectivity index (χ0n) is 10.4. The van der Waals surface area contributed by atoms with E-state index < -0.39 is 0 Å². The smallest absolute Gasteiger partial charge is 0.123 e. The van der Waals surface area contributed by atoms with Crippen molar-refractivity contribution in [2.75, 3.05) is 18.5 Å². The second kappa shape index (κ2) is 5.65. The molecule has 0 spiro atoms. The van der Waals surface area contributed by atoms with Gasteiger partial charge in [-0.05, 0) is 37.6 Å². The van der Waals surface area contributed by atoms with Crippen LogP contribution in [0.3, 0.4) is 0 Å². The van der Waals surface area contributed by atoms with Crippen molar-refractivity contribution in [2.24, 2.45) is 11.7 Å². The van der Waals surface area contributed by atoms with E-state index in [2.05, 4.69) is 6.07 Å². The molecule has 2 atom stereocenters. The maximum absolute atomic E-state index is 13.2. The molecule has 92 valence electrons. The summed E-state index contributed by atoms with van der Waals surface area (Å²) >= 11 is 0. The van der Waals surface area contributed by atoms with Gasteiger partial charge in [-0.1, -0.05) is 0 Å². The Kier molecular flexibility index (Phi) is 4.47. The lowest BCUT2D eigenvalue weighted by molar-refractivity contribution is 0.621. The molecule has 0 radical (unpaired) electrons. The number of hydrogen-bond donors (Lipinski definition) is 1. The van der Waals surface area contributed by atoms with Crippen LogP contribution in [0.4, 0.5) is 10.1 Å². The van der Waals surface area contributed by atoms with Crippen LogP contribution < -0.4 is 10.6 Å². The van der Waals surface area contributed by atoms with E-state index in [1.54, 1.807) is 6.07 Å². The Labute approximate surface area is 102 Å². The molecule has 0 aliphatic carbocycles. The van der Waals surface area contributed by atoms with Crippen LogP contribution in [0, 0.1) is 23.1 Å². The van der Waals surface area contributed by atoms with E-state index in [4.69, 9.17) is 11.0 Å². The van der Waals surface area contributed by atoms with Gasteiger partial charge in [0.1, 0.15) is 5.82 Å². The molecule has 0 fully saturated rings. The maximum Gasteiger partial charge on any atom is 0.123 e. The second-order valence-corrected chi connectivity index (χ2v) is 4.40. The van der Waals surface area contributed by atoms with E-state index in [0.29, 0.717) is 6.54 Å². The monoisotopic (exact) mass is 235 g/mol. The summed E-state index contributed by atoms with van der Waals surface area (Å²) in [7, 11) is 1.88. The van der Waals surface area contributed by atoms with Gasteiger partial charge in [0.15, 0.2) is 0 Å². The molecule has 1 aromatic rings. The summed E-state index contributed by atoms with van der Waals surface area (Å²) in [5.74, 6) is -0.367. The fraction of sp³-hybridized carbons (Fsp3) is 0.462. The van der Waals surface area contributed by atoms with Gasteiger partial charge in [0.05, 0.1) is 12.0 Å². The van der Waals surface area contributed by atoms with E-state index in [0.717, 1.165) is 11.3 Å². The summed E-state index contributed by atoms with van der Waals surface area (Å²) in [6, 6.07) is 6.51. The van der Waals surface area contributed by atoms with E-state index in [1.165, 1.54) is 12.1 Å². The fourth-order valence-corrected chi connectivity index (χ4v) is 1.79. The topological polar surface area (TPSA) is 53.0 Å². The van der Waals surface area contributed by atoms with Gasteiger partial charge >= 0.3 is 0 Å². The summed E-state index contributed by atoms with van der Waals surface area (Å²) < 4.78 is 13.2. The number of nitriles is 1. The molecule has 3 nitrogen and oxygen atoms in total. The van der Waals surface area contributed by atoms with Gasteiger partial charge in [0.2, 0.25) is 0 Å². The predicted molar refractivity (Wildman–Crippen MR) is 67.0 cm³/mol. The van der Waals surface area contributed by atoms with Crippen LogP contribution in [0.15, 0.2) is 18.2 Å². The van der Waals surface area contributed by atoms with E-state index in [9.17, 15) is 4.39 Å². The summed E-state index contributed by atoms with van der Waals surface area (Å²) in [6.45, 7) is 4.27. The largest absolute Gasteiger partial charge is 0.373 e. The van der Waals surface area contributed by atoms with Crippen LogP contribution in [0.2, 0.25) is 0 Å². The van der Waals surface area contributed by atoms with Crippen molar-refractivity contribution in [2.45, 2.75) is 19.9 Å². The molecular weight excluding hydrogens is 217 g/mol. The Morgan fingerprint density at radius 3 is 2.65 bits per heavy atom. The average Bonchev–Trinajstić information content (AvgIpc) is 2.28. The molecule has 1 unspecified atom stereocenters. The standard InChI is InChI=1S/C13H18FN3/c1-9(7-15)8-17(3)13-5-4-11(14)6-12(13)10(2)16/h4-6,9-10H,8,16H2,1-3H3/t9?,10-/m0/s1. The normalized spacial score (nSPS) is 13.9. The quantitative estimate of drug-likeness (QED) is 0.872. The Bertz CT molecular complexity index is 423. The van der Waals surface area contributed by atoms with Gasteiger partial charge in [-0.3, -0.25) is 0 Å². The molecule has 0 aromatic heterocycles. The molecule has 4 heteroatoms. The first kappa shape index (κ1) is 13.5. The molecule has 17 heavy (non-hydrogen) atoms. The number of rotatable bonds is 4. The number of nitrogens with two attached hydrogens (primary N) is 1. The first-order valence-corrected chi connectivity index (χ1v) is 5.61. The Balaban J connectivity index is 3.01. The minimum absolute atomic E-state index is 0.0778. The Hall–Kier alpha value is -1.60. The van der Waals surface area contributed by atoms with Gasteiger partial charge < -0.3 is 10.6 Å². The van der Waals surface area contributed by atoms with Crippen LogP contribution in [0.1, 0.15) is 25.5 Å². The first-order chi connectivity index (χ1) is 7.95. The molecule has 0 saturated heterocycles.